The van der Waals surface area contributed by atoms with Gasteiger partial charge in [-0.3, -0.25) is 19.3 Å². The smallest absolute Gasteiger partial charge is 0.294 e. The first kappa shape index (κ1) is 19.4. The standard InChI is InChI=1S/C20H13Cl2FN2O4/c1-9(26)6-13-17(27)18(28)25(16-8-11(22)3-5-14(16)23)20(13)12-4-2-10(21)7-15(12)24-19(20)29/h2-5,7-8,27H,6H2,1H3,(H,24,29). The average molecular weight is 435 g/mol. The van der Waals surface area contributed by atoms with Gasteiger partial charge in [0.05, 0.1) is 5.69 Å². The molecule has 148 valence electrons. The van der Waals surface area contributed by atoms with Gasteiger partial charge in [-0.25, -0.2) is 4.39 Å². The van der Waals surface area contributed by atoms with E-state index in [0.717, 1.165) is 11.0 Å². The SMILES string of the molecule is CC(=O)CC1=C(O)C(=O)N(c2cc(Cl)ccc2F)C12C(=O)Nc1cc(Cl)ccc12. The molecule has 2 heterocycles. The molecular formula is C20H13Cl2FN2O4. The molecule has 1 unspecified atom stereocenters. The van der Waals surface area contributed by atoms with Crippen LogP contribution < -0.4 is 10.2 Å². The lowest BCUT2D eigenvalue weighted by molar-refractivity contribution is -0.123. The van der Waals surface area contributed by atoms with E-state index in [1.807, 2.05) is 0 Å². The van der Waals surface area contributed by atoms with Gasteiger partial charge in [0.15, 0.2) is 11.3 Å². The number of aliphatic hydroxyl groups excluding tert-OH is 1. The van der Waals surface area contributed by atoms with Crippen molar-refractivity contribution in [3.63, 3.8) is 0 Å². The molecule has 0 bridgehead atoms. The zero-order chi connectivity index (χ0) is 21.1. The number of aliphatic hydroxyl groups is 1. The predicted molar refractivity (Wildman–Crippen MR) is 106 cm³/mol. The number of anilines is 2. The molecular weight excluding hydrogens is 422 g/mol. The van der Waals surface area contributed by atoms with E-state index >= 15 is 0 Å². The summed E-state index contributed by atoms with van der Waals surface area (Å²) < 4.78 is 14.7. The fourth-order valence-corrected chi connectivity index (χ4v) is 4.23. The molecule has 2 aliphatic heterocycles. The third-order valence-corrected chi connectivity index (χ3v) is 5.46. The van der Waals surface area contributed by atoms with Crippen LogP contribution in [0, 0.1) is 5.82 Å². The number of nitrogens with zero attached hydrogens (tertiary/aromatic N) is 1. The first-order chi connectivity index (χ1) is 13.7. The van der Waals surface area contributed by atoms with Crippen LogP contribution in [-0.4, -0.2) is 22.7 Å². The molecule has 29 heavy (non-hydrogen) atoms. The maximum Gasteiger partial charge on any atom is 0.294 e. The highest BCUT2D eigenvalue weighted by atomic mass is 35.5. The molecule has 4 rings (SSSR count). The maximum absolute atomic E-state index is 14.7. The summed E-state index contributed by atoms with van der Waals surface area (Å²) in [6.45, 7) is 1.26. The number of hydrogen-bond acceptors (Lipinski definition) is 4. The molecule has 1 atom stereocenters. The van der Waals surface area contributed by atoms with Crippen LogP contribution in [-0.2, 0) is 19.9 Å². The number of benzene rings is 2. The second-order valence-corrected chi connectivity index (χ2v) is 7.67. The second kappa shape index (κ2) is 6.57. The van der Waals surface area contributed by atoms with Crippen LogP contribution in [0.2, 0.25) is 10.0 Å². The molecule has 6 nitrogen and oxygen atoms in total. The fourth-order valence-electron chi connectivity index (χ4n) is 3.89. The lowest BCUT2D eigenvalue weighted by Gasteiger charge is -2.35. The summed E-state index contributed by atoms with van der Waals surface area (Å²) in [5.41, 5.74) is -1.82. The van der Waals surface area contributed by atoms with Crippen molar-refractivity contribution in [3.05, 3.63) is 69.2 Å². The van der Waals surface area contributed by atoms with Crippen LogP contribution in [0.25, 0.3) is 0 Å². The van der Waals surface area contributed by atoms with E-state index in [1.165, 1.54) is 37.3 Å². The molecule has 2 aromatic rings. The van der Waals surface area contributed by atoms with E-state index in [1.54, 1.807) is 0 Å². The molecule has 2 amide bonds. The van der Waals surface area contributed by atoms with Crippen LogP contribution >= 0.6 is 23.2 Å². The van der Waals surface area contributed by atoms with Crippen molar-refractivity contribution in [2.45, 2.75) is 18.9 Å². The van der Waals surface area contributed by atoms with Gasteiger partial charge in [0.2, 0.25) is 0 Å². The summed E-state index contributed by atoms with van der Waals surface area (Å²) in [5, 5.41) is 13.7. The number of ketones is 1. The van der Waals surface area contributed by atoms with Gasteiger partial charge in [-0.1, -0.05) is 29.3 Å². The molecule has 2 aliphatic rings. The number of carbonyl (C=O) groups excluding carboxylic acids is 3. The van der Waals surface area contributed by atoms with Crippen molar-refractivity contribution < 1.29 is 23.9 Å². The molecule has 9 heteroatoms. The molecule has 2 aromatic carbocycles. The Morgan fingerprint density at radius 3 is 2.52 bits per heavy atom. The molecule has 2 N–H and O–H groups in total. The second-order valence-electron chi connectivity index (χ2n) is 6.80. The summed E-state index contributed by atoms with van der Waals surface area (Å²) in [6, 6.07) is 7.99. The zero-order valence-corrected chi connectivity index (χ0v) is 16.4. The lowest BCUT2D eigenvalue weighted by atomic mass is 9.81. The third kappa shape index (κ3) is 2.65. The highest BCUT2D eigenvalue weighted by Gasteiger charge is 2.62. The van der Waals surface area contributed by atoms with Gasteiger partial charge < -0.3 is 10.4 Å². The molecule has 0 saturated heterocycles. The summed E-state index contributed by atoms with van der Waals surface area (Å²) in [7, 11) is 0. The van der Waals surface area contributed by atoms with Crippen molar-refractivity contribution in [3.8, 4) is 0 Å². The van der Waals surface area contributed by atoms with Crippen LogP contribution in [0.5, 0.6) is 0 Å². The Morgan fingerprint density at radius 2 is 1.83 bits per heavy atom. The number of rotatable bonds is 3. The highest BCUT2D eigenvalue weighted by Crippen LogP contribution is 2.53. The van der Waals surface area contributed by atoms with Crippen LogP contribution in [0.3, 0.4) is 0 Å². The van der Waals surface area contributed by atoms with Gasteiger partial charge in [0, 0.05) is 33.3 Å². The topological polar surface area (TPSA) is 86.7 Å². The first-order valence-corrected chi connectivity index (χ1v) is 9.26. The van der Waals surface area contributed by atoms with Crippen LogP contribution in [0.1, 0.15) is 18.9 Å². The summed E-state index contributed by atoms with van der Waals surface area (Å²) in [6.07, 6.45) is -0.383. The predicted octanol–water partition coefficient (Wildman–Crippen LogP) is 4.12. The van der Waals surface area contributed by atoms with Gasteiger partial charge in [-0.15, -0.1) is 0 Å². The molecule has 0 aliphatic carbocycles. The summed E-state index contributed by atoms with van der Waals surface area (Å²) in [4.78, 5) is 39.1. The van der Waals surface area contributed by atoms with E-state index in [4.69, 9.17) is 23.2 Å². The largest absolute Gasteiger partial charge is 0.503 e. The summed E-state index contributed by atoms with van der Waals surface area (Å²) in [5.74, 6) is -3.72. The maximum atomic E-state index is 14.7. The zero-order valence-electron chi connectivity index (χ0n) is 14.9. The molecule has 1 spiro atoms. The normalized spacial score (nSPS) is 20.5. The van der Waals surface area contributed by atoms with E-state index < -0.39 is 28.9 Å². The van der Waals surface area contributed by atoms with E-state index in [0.29, 0.717) is 10.7 Å². The monoisotopic (exact) mass is 434 g/mol. The van der Waals surface area contributed by atoms with Crippen molar-refractivity contribution >= 4 is 52.2 Å². The van der Waals surface area contributed by atoms with Crippen LogP contribution in [0.4, 0.5) is 15.8 Å². The minimum absolute atomic E-state index is 0.124. The van der Waals surface area contributed by atoms with Crippen molar-refractivity contribution in [2.75, 3.05) is 10.2 Å². The Morgan fingerprint density at radius 1 is 1.17 bits per heavy atom. The van der Waals surface area contributed by atoms with Gasteiger partial charge >= 0.3 is 0 Å². The number of halogens is 3. The van der Waals surface area contributed by atoms with Crippen molar-refractivity contribution in [1.29, 1.82) is 0 Å². The number of hydrogen-bond donors (Lipinski definition) is 2. The fraction of sp³-hybridized carbons (Fsp3) is 0.150. The Kier molecular flexibility index (Phi) is 4.40. The van der Waals surface area contributed by atoms with E-state index in [2.05, 4.69) is 5.32 Å². The molecule has 0 fully saturated rings. The number of nitrogens with one attached hydrogen (secondary N) is 1. The summed E-state index contributed by atoms with van der Waals surface area (Å²) >= 11 is 12.0. The Bertz CT molecular complexity index is 1150. The highest BCUT2D eigenvalue weighted by molar-refractivity contribution is 6.32. The minimum atomic E-state index is -1.95. The van der Waals surface area contributed by atoms with Crippen molar-refractivity contribution in [2.24, 2.45) is 0 Å². The average Bonchev–Trinajstić information content (AvgIpc) is 3.04. The minimum Gasteiger partial charge on any atom is -0.503 e. The van der Waals surface area contributed by atoms with Crippen LogP contribution in [0.15, 0.2) is 47.7 Å². The molecule has 0 saturated carbocycles. The van der Waals surface area contributed by atoms with Gasteiger partial charge in [-0.05, 0) is 37.3 Å². The Hall–Kier alpha value is -2.90. The molecule has 0 radical (unpaired) electrons. The number of Topliss-reactive ketones (excluding diaryl/α,β-unsaturated/α-hetero) is 1. The number of carbonyl (C=O) groups is 3. The third-order valence-electron chi connectivity index (χ3n) is 4.99. The van der Waals surface area contributed by atoms with Gasteiger partial charge in [0.1, 0.15) is 11.6 Å². The Balaban J connectivity index is 2.08. The number of fused-ring (bicyclic) bond motifs is 2. The van der Waals surface area contributed by atoms with Gasteiger partial charge in [0.25, 0.3) is 11.8 Å². The Labute approximate surface area is 174 Å². The van der Waals surface area contributed by atoms with Crippen molar-refractivity contribution in [1.82, 2.24) is 0 Å². The van der Waals surface area contributed by atoms with Gasteiger partial charge in [-0.2, -0.15) is 0 Å². The quantitative estimate of drug-likeness (QED) is 0.760. The number of amides is 2. The first-order valence-electron chi connectivity index (χ1n) is 8.51. The lowest BCUT2D eigenvalue weighted by Crippen LogP contribution is -2.51. The van der Waals surface area contributed by atoms with E-state index in [-0.39, 0.29) is 34.1 Å². The van der Waals surface area contributed by atoms with E-state index in [9.17, 15) is 23.9 Å². The molecule has 0 aromatic heterocycles.